The molecule has 0 bridgehead atoms. The molecule has 2 heterocycles. The summed E-state index contributed by atoms with van der Waals surface area (Å²) in [6, 6.07) is 0.0386. The number of pyridine rings is 1. The van der Waals surface area contributed by atoms with Crippen LogP contribution in [0.25, 0.3) is 11.0 Å². The molecule has 3 rings (SSSR count). The maximum atomic E-state index is 12.9. The highest BCUT2D eigenvalue weighted by atomic mass is 32.2. The molecule has 1 unspecified atom stereocenters. The van der Waals surface area contributed by atoms with Crippen molar-refractivity contribution < 1.29 is 9.00 Å². The molecule has 6 nitrogen and oxygen atoms in total. The number of rotatable bonds is 3. The monoisotopic (exact) mass is 333 g/mol. The molecule has 1 aliphatic carbocycles. The van der Waals surface area contributed by atoms with E-state index < -0.39 is 10.8 Å². The van der Waals surface area contributed by atoms with Crippen molar-refractivity contribution in [1.82, 2.24) is 14.5 Å². The second-order valence-electron chi connectivity index (χ2n) is 6.01. The molecule has 23 heavy (non-hydrogen) atoms. The molecular weight excluding hydrogens is 314 g/mol. The molecule has 0 N–H and O–H groups in total. The van der Waals surface area contributed by atoms with E-state index in [9.17, 15) is 13.8 Å². The second kappa shape index (κ2) is 5.96. The Morgan fingerprint density at radius 3 is 2.57 bits per heavy atom. The van der Waals surface area contributed by atoms with Gasteiger partial charge in [0.15, 0.2) is 5.78 Å². The fraction of sp³-hybridized carbons (Fsp3) is 0.500. The summed E-state index contributed by atoms with van der Waals surface area (Å²) in [5.41, 5.74) is 1.00. The van der Waals surface area contributed by atoms with E-state index in [-0.39, 0.29) is 28.1 Å². The molecule has 0 amide bonds. The first kappa shape index (κ1) is 16.0. The zero-order valence-corrected chi connectivity index (χ0v) is 14.3. The molecule has 0 aromatic carbocycles. The minimum absolute atomic E-state index is 0.0386. The van der Waals surface area contributed by atoms with Gasteiger partial charge in [0.05, 0.1) is 16.4 Å². The molecule has 1 atom stereocenters. The number of ketones is 1. The maximum absolute atomic E-state index is 12.9. The van der Waals surface area contributed by atoms with Crippen molar-refractivity contribution in [3.05, 3.63) is 27.7 Å². The number of nitrogens with zero attached hydrogens (tertiary/aromatic N) is 3. The van der Waals surface area contributed by atoms with E-state index in [1.54, 1.807) is 17.7 Å². The number of aryl methyl sites for hydroxylation is 1. The Kier molecular flexibility index (Phi) is 4.14. The summed E-state index contributed by atoms with van der Waals surface area (Å²) in [6.45, 7) is 3.15. The average molecular weight is 333 g/mol. The first-order chi connectivity index (χ1) is 10.9. The van der Waals surface area contributed by atoms with E-state index in [0.717, 1.165) is 25.7 Å². The minimum Gasteiger partial charge on any atom is -0.294 e. The molecule has 0 spiro atoms. The van der Waals surface area contributed by atoms with Gasteiger partial charge in [0.1, 0.15) is 5.65 Å². The number of fused-ring (bicyclic) bond motifs is 1. The number of Topliss-reactive ketones (excluding diaryl/α,β-unsaturated/α-hetero) is 1. The van der Waals surface area contributed by atoms with E-state index in [4.69, 9.17) is 0 Å². The van der Waals surface area contributed by atoms with E-state index in [2.05, 4.69) is 9.97 Å². The minimum atomic E-state index is -1.33. The fourth-order valence-corrected chi connectivity index (χ4v) is 3.79. The van der Waals surface area contributed by atoms with Gasteiger partial charge in [-0.25, -0.2) is 9.97 Å². The van der Waals surface area contributed by atoms with Crippen molar-refractivity contribution in [2.75, 3.05) is 6.26 Å². The van der Waals surface area contributed by atoms with Crippen molar-refractivity contribution in [2.24, 2.45) is 0 Å². The Morgan fingerprint density at radius 1 is 1.35 bits per heavy atom. The average Bonchev–Trinajstić information content (AvgIpc) is 3.00. The number of carbonyl (C=O) groups excluding carboxylic acids is 1. The van der Waals surface area contributed by atoms with Gasteiger partial charge in [0.25, 0.3) is 5.56 Å². The van der Waals surface area contributed by atoms with E-state index >= 15 is 0 Å². The Bertz CT molecular complexity index is 882. The predicted octanol–water partition coefficient (Wildman–Crippen LogP) is 2.16. The Morgan fingerprint density at radius 2 is 2.00 bits per heavy atom. The highest BCUT2D eigenvalue weighted by molar-refractivity contribution is 7.84. The van der Waals surface area contributed by atoms with Crippen LogP contribution in [0.15, 0.2) is 16.1 Å². The third-order valence-electron chi connectivity index (χ3n) is 4.49. The molecule has 1 aliphatic rings. The largest absolute Gasteiger partial charge is 0.294 e. The van der Waals surface area contributed by atoms with Gasteiger partial charge in [0.2, 0.25) is 5.16 Å². The smallest absolute Gasteiger partial charge is 0.263 e. The molecular formula is C16H19N3O3S. The summed E-state index contributed by atoms with van der Waals surface area (Å²) in [5.74, 6) is -0.246. The van der Waals surface area contributed by atoms with Crippen LogP contribution in [0.1, 0.15) is 54.6 Å². The van der Waals surface area contributed by atoms with Crippen LogP contribution in [0.5, 0.6) is 0 Å². The highest BCUT2D eigenvalue weighted by Crippen LogP contribution is 2.31. The quantitative estimate of drug-likeness (QED) is 0.635. The molecule has 1 saturated carbocycles. The number of aromatic nitrogens is 3. The van der Waals surface area contributed by atoms with Gasteiger partial charge in [-0.1, -0.05) is 12.8 Å². The third-order valence-corrected chi connectivity index (χ3v) is 5.20. The van der Waals surface area contributed by atoms with Gasteiger partial charge in [-0.2, -0.15) is 0 Å². The normalized spacial score (nSPS) is 16.8. The summed E-state index contributed by atoms with van der Waals surface area (Å²) >= 11 is 0. The molecule has 0 saturated heterocycles. The zero-order chi connectivity index (χ0) is 16.7. The lowest BCUT2D eigenvalue weighted by Gasteiger charge is -2.19. The highest BCUT2D eigenvalue weighted by Gasteiger charge is 2.25. The van der Waals surface area contributed by atoms with Crippen molar-refractivity contribution in [1.29, 1.82) is 0 Å². The first-order valence-corrected chi connectivity index (χ1v) is 9.23. The Balaban J connectivity index is 2.43. The van der Waals surface area contributed by atoms with Gasteiger partial charge < -0.3 is 0 Å². The number of hydrogen-bond donors (Lipinski definition) is 0. The molecule has 7 heteroatoms. The topological polar surface area (TPSA) is 81.9 Å². The van der Waals surface area contributed by atoms with Crippen LogP contribution in [0.3, 0.4) is 0 Å². The standard InChI is InChI=1S/C16H19N3O3S/c1-9-12-8-17-16(23(3)22)18-14(12)19(11-6-4-5-7-11)15(21)13(9)10(2)20/h8,11H,4-7H2,1-3H3. The van der Waals surface area contributed by atoms with Crippen molar-refractivity contribution in [3.8, 4) is 0 Å². The first-order valence-electron chi connectivity index (χ1n) is 7.68. The van der Waals surface area contributed by atoms with Gasteiger partial charge in [-0.3, -0.25) is 18.4 Å². The summed E-state index contributed by atoms with van der Waals surface area (Å²) < 4.78 is 13.3. The molecule has 0 radical (unpaired) electrons. The van der Waals surface area contributed by atoms with Gasteiger partial charge in [-0.15, -0.1) is 0 Å². The van der Waals surface area contributed by atoms with E-state index in [1.165, 1.54) is 13.2 Å². The van der Waals surface area contributed by atoms with Crippen LogP contribution in [-0.2, 0) is 10.8 Å². The molecule has 2 aromatic heterocycles. The van der Waals surface area contributed by atoms with Crippen LogP contribution >= 0.6 is 0 Å². The van der Waals surface area contributed by atoms with E-state index in [1.807, 2.05) is 0 Å². The van der Waals surface area contributed by atoms with Crippen LogP contribution in [0.2, 0.25) is 0 Å². The number of carbonyl (C=O) groups is 1. The molecule has 2 aromatic rings. The summed E-state index contributed by atoms with van der Waals surface area (Å²) in [6.07, 6.45) is 6.98. The Hall–Kier alpha value is -1.89. The predicted molar refractivity (Wildman–Crippen MR) is 88.4 cm³/mol. The maximum Gasteiger partial charge on any atom is 0.263 e. The molecule has 0 aliphatic heterocycles. The summed E-state index contributed by atoms with van der Waals surface area (Å²) in [5, 5.41) is 0.884. The van der Waals surface area contributed by atoms with Crippen molar-refractivity contribution >= 4 is 27.6 Å². The van der Waals surface area contributed by atoms with Crippen LogP contribution in [0, 0.1) is 6.92 Å². The zero-order valence-electron chi connectivity index (χ0n) is 13.5. The van der Waals surface area contributed by atoms with Crippen LogP contribution < -0.4 is 5.56 Å². The van der Waals surface area contributed by atoms with Crippen molar-refractivity contribution in [2.45, 2.75) is 50.7 Å². The summed E-state index contributed by atoms with van der Waals surface area (Å²) in [7, 11) is -1.33. The lowest BCUT2D eigenvalue weighted by atomic mass is 10.0. The van der Waals surface area contributed by atoms with Gasteiger partial charge in [0, 0.05) is 23.9 Å². The summed E-state index contributed by atoms with van der Waals surface area (Å²) in [4.78, 5) is 33.4. The lowest BCUT2D eigenvalue weighted by Crippen LogP contribution is -2.30. The SMILES string of the molecule is CC(=O)c1c(C)c2cnc(S(C)=O)nc2n(C2CCCC2)c1=O. The van der Waals surface area contributed by atoms with Crippen molar-refractivity contribution in [3.63, 3.8) is 0 Å². The van der Waals surface area contributed by atoms with E-state index in [0.29, 0.717) is 16.6 Å². The third kappa shape index (κ3) is 2.63. The van der Waals surface area contributed by atoms with Gasteiger partial charge in [-0.05, 0) is 32.3 Å². The fourth-order valence-electron chi connectivity index (χ4n) is 3.37. The second-order valence-corrected chi connectivity index (χ2v) is 7.29. The number of hydrogen-bond acceptors (Lipinski definition) is 5. The Labute approximate surface area is 136 Å². The molecule has 1 fully saturated rings. The lowest BCUT2D eigenvalue weighted by molar-refractivity contribution is 0.101. The van der Waals surface area contributed by atoms with Gasteiger partial charge >= 0.3 is 0 Å². The van der Waals surface area contributed by atoms with Crippen LogP contribution in [-0.4, -0.2) is 30.8 Å². The molecule has 122 valence electrons. The van der Waals surface area contributed by atoms with Crippen LogP contribution in [0.4, 0.5) is 0 Å².